The van der Waals surface area contributed by atoms with Gasteiger partial charge in [0, 0.05) is 12.7 Å². The molecule has 3 heteroatoms. The highest BCUT2D eigenvalue weighted by molar-refractivity contribution is 7.42. The van der Waals surface area contributed by atoms with Crippen molar-refractivity contribution in [1.29, 1.82) is 0 Å². The van der Waals surface area contributed by atoms with Gasteiger partial charge in [0.05, 0.1) is 0 Å². The average Bonchev–Trinajstić information content (AvgIpc) is 1.85. The van der Waals surface area contributed by atoms with Crippen molar-refractivity contribution >= 4 is 7.95 Å². The third-order valence-electron chi connectivity index (χ3n) is 0.707. The minimum absolute atomic E-state index is 0.531. The monoisotopic (exact) mass is 144 g/mol. The zero-order chi connectivity index (χ0) is 7.11. The lowest BCUT2D eigenvalue weighted by molar-refractivity contribution is 0.583. The highest BCUT2D eigenvalue weighted by Gasteiger charge is 1.90. The van der Waals surface area contributed by atoms with Crippen LogP contribution < -0.4 is 5.09 Å². The molecule has 0 aliphatic heterocycles. The maximum atomic E-state index is 10.7. The summed E-state index contributed by atoms with van der Waals surface area (Å²) in [7, 11) is -1.28. The molecule has 1 N–H and O–H groups in total. The molecule has 0 rings (SSSR count). The summed E-state index contributed by atoms with van der Waals surface area (Å²) in [4.78, 5) is 0. The Labute approximate surface area is 56.5 Å². The molecule has 0 aromatic heterocycles. The molecule has 0 saturated carbocycles. The van der Waals surface area contributed by atoms with E-state index in [2.05, 4.69) is 18.2 Å². The Morgan fingerprint density at radius 3 is 2.56 bits per heavy atom. The first-order valence-electron chi connectivity index (χ1n) is 2.71. The van der Waals surface area contributed by atoms with Crippen molar-refractivity contribution < 1.29 is 4.57 Å². The second-order valence-electron chi connectivity index (χ2n) is 1.50. The molecule has 9 heavy (non-hydrogen) atoms. The SMILES string of the molecule is C=CCN[P](=O)CC=C. The zero-order valence-electron chi connectivity index (χ0n) is 5.34. The van der Waals surface area contributed by atoms with E-state index in [1.54, 1.807) is 12.2 Å². The molecule has 0 aliphatic carbocycles. The summed E-state index contributed by atoms with van der Waals surface area (Å²) in [5.41, 5.74) is 0. The summed E-state index contributed by atoms with van der Waals surface area (Å²) in [6.07, 6.45) is 3.84. The molecule has 2 nitrogen and oxygen atoms in total. The van der Waals surface area contributed by atoms with E-state index in [0.29, 0.717) is 12.7 Å². The first-order valence-corrected chi connectivity index (χ1v) is 4.15. The Bertz CT molecular complexity index is 122. The molecule has 1 radical (unpaired) electrons. The van der Waals surface area contributed by atoms with Gasteiger partial charge in [-0.15, -0.1) is 13.2 Å². The predicted molar refractivity (Wildman–Crippen MR) is 40.9 cm³/mol. The Balaban J connectivity index is 3.26. The van der Waals surface area contributed by atoms with Gasteiger partial charge in [-0.1, -0.05) is 12.2 Å². The van der Waals surface area contributed by atoms with Crippen LogP contribution >= 0.6 is 7.95 Å². The van der Waals surface area contributed by atoms with Crippen molar-refractivity contribution in [2.24, 2.45) is 0 Å². The van der Waals surface area contributed by atoms with E-state index in [0.717, 1.165) is 0 Å². The average molecular weight is 144 g/mol. The van der Waals surface area contributed by atoms with E-state index in [9.17, 15) is 4.57 Å². The van der Waals surface area contributed by atoms with Crippen LogP contribution in [-0.2, 0) is 4.57 Å². The van der Waals surface area contributed by atoms with Crippen molar-refractivity contribution in [3.05, 3.63) is 25.3 Å². The van der Waals surface area contributed by atoms with Gasteiger partial charge < -0.3 is 0 Å². The Morgan fingerprint density at radius 2 is 2.11 bits per heavy atom. The minimum atomic E-state index is -1.28. The highest BCUT2D eigenvalue weighted by atomic mass is 31.1. The van der Waals surface area contributed by atoms with Gasteiger partial charge in [0.2, 0.25) is 0 Å². The molecule has 0 bridgehead atoms. The van der Waals surface area contributed by atoms with Crippen LogP contribution in [-0.4, -0.2) is 12.7 Å². The molecule has 51 valence electrons. The van der Waals surface area contributed by atoms with Gasteiger partial charge in [0.15, 0.2) is 0 Å². The lowest BCUT2D eigenvalue weighted by Crippen LogP contribution is -2.02. The van der Waals surface area contributed by atoms with Gasteiger partial charge in [0.1, 0.15) is 7.95 Å². The Hall–Kier alpha value is -0.460. The molecule has 1 atom stereocenters. The largest absolute Gasteiger partial charge is 0.269 e. The van der Waals surface area contributed by atoms with E-state index in [1.807, 2.05) is 0 Å². The first-order chi connectivity index (χ1) is 4.31. The number of hydrogen-bond acceptors (Lipinski definition) is 1. The van der Waals surface area contributed by atoms with E-state index in [-0.39, 0.29) is 0 Å². The third-order valence-corrected chi connectivity index (χ3v) is 1.83. The fourth-order valence-corrected chi connectivity index (χ4v) is 1.04. The normalized spacial score (nSPS) is 10.4. The van der Waals surface area contributed by atoms with Crippen LogP contribution in [0, 0.1) is 0 Å². The maximum absolute atomic E-state index is 10.7. The van der Waals surface area contributed by atoms with E-state index < -0.39 is 7.95 Å². The van der Waals surface area contributed by atoms with Crippen molar-refractivity contribution in [2.45, 2.75) is 0 Å². The fraction of sp³-hybridized carbons (Fsp3) is 0.333. The number of allylic oxidation sites excluding steroid dienone is 1. The molecule has 0 heterocycles. The summed E-state index contributed by atoms with van der Waals surface area (Å²) in [5.74, 6) is 0. The van der Waals surface area contributed by atoms with E-state index in [4.69, 9.17) is 0 Å². The van der Waals surface area contributed by atoms with Crippen molar-refractivity contribution in [2.75, 3.05) is 12.7 Å². The lowest BCUT2D eigenvalue weighted by Gasteiger charge is -1.94. The molecule has 0 aliphatic rings. The summed E-state index contributed by atoms with van der Waals surface area (Å²) in [6, 6.07) is 0. The fourth-order valence-electron chi connectivity index (χ4n) is 0.348. The summed E-state index contributed by atoms with van der Waals surface area (Å²) in [6.45, 7) is 7.54. The van der Waals surface area contributed by atoms with Gasteiger partial charge in [-0.05, 0) is 0 Å². The molecule has 0 aromatic rings. The first kappa shape index (κ1) is 8.54. The summed E-state index contributed by atoms with van der Waals surface area (Å²) in [5, 5.41) is 2.75. The van der Waals surface area contributed by atoms with Crippen molar-refractivity contribution in [3.63, 3.8) is 0 Å². The quantitative estimate of drug-likeness (QED) is 0.470. The molecule has 0 amide bonds. The summed E-state index contributed by atoms with van der Waals surface area (Å²) < 4.78 is 10.7. The second kappa shape index (κ2) is 5.67. The topological polar surface area (TPSA) is 29.1 Å². The number of hydrogen-bond donors (Lipinski definition) is 1. The van der Waals surface area contributed by atoms with Crippen LogP contribution in [0.4, 0.5) is 0 Å². The molecule has 0 spiro atoms. The second-order valence-corrected chi connectivity index (χ2v) is 2.94. The zero-order valence-corrected chi connectivity index (χ0v) is 6.23. The standard InChI is InChI=1S/C6H11NOP/c1-3-5-7-9(8)6-4-2/h3-4H,1-2,5-6H2,(H,7,8). The molecule has 1 unspecified atom stereocenters. The Kier molecular flexibility index (Phi) is 5.38. The van der Waals surface area contributed by atoms with Crippen LogP contribution in [0.1, 0.15) is 0 Å². The molecule has 0 saturated heterocycles. The molecule has 0 aromatic carbocycles. The minimum Gasteiger partial charge on any atom is -0.269 e. The van der Waals surface area contributed by atoms with Crippen LogP contribution in [0.3, 0.4) is 0 Å². The van der Waals surface area contributed by atoms with E-state index >= 15 is 0 Å². The highest BCUT2D eigenvalue weighted by Crippen LogP contribution is 2.11. The van der Waals surface area contributed by atoms with Gasteiger partial charge in [-0.25, -0.2) is 5.09 Å². The number of rotatable bonds is 5. The third kappa shape index (κ3) is 5.41. The molecular weight excluding hydrogens is 133 g/mol. The van der Waals surface area contributed by atoms with Gasteiger partial charge in [-0.2, -0.15) is 0 Å². The van der Waals surface area contributed by atoms with Crippen LogP contribution in [0.15, 0.2) is 25.3 Å². The molecule has 0 fully saturated rings. The van der Waals surface area contributed by atoms with Crippen LogP contribution in [0.5, 0.6) is 0 Å². The Morgan fingerprint density at radius 1 is 1.44 bits per heavy atom. The van der Waals surface area contributed by atoms with E-state index in [1.165, 1.54) is 0 Å². The van der Waals surface area contributed by atoms with Crippen LogP contribution in [0.25, 0.3) is 0 Å². The van der Waals surface area contributed by atoms with Crippen molar-refractivity contribution in [3.8, 4) is 0 Å². The van der Waals surface area contributed by atoms with Crippen LogP contribution in [0.2, 0.25) is 0 Å². The maximum Gasteiger partial charge on any atom is 0.149 e. The van der Waals surface area contributed by atoms with Gasteiger partial charge in [-0.3, -0.25) is 4.57 Å². The number of nitrogens with one attached hydrogen (secondary N) is 1. The van der Waals surface area contributed by atoms with Gasteiger partial charge >= 0.3 is 0 Å². The smallest absolute Gasteiger partial charge is 0.149 e. The van der Waals surface area contributed by atoms with Crippen molar-refractivity contribution in [1.82, 2.24) is 5.09 Å². The molecular formula is C6H11NOP. The lowest BCUT2D eigenvalue weighted by atomic mass is 10.7. The predicted octanol–water partition coefficient (Wildman–Crippen LogP) is 1.69. The summed E-state index contributed by atoms with van der Waals surface area (Å²) >= 11 is 0. The van der Waals surface area contributed by atoms with Gasteiger partial charge in [0.25, 0.3) is 0 Å².